The number of methoxy groups -OCH3 is 2. The van der Waals surface area contributed by atoms with Gasteiger partial charge in [0.15, 0.2) is 0 Å². The molecule has 6 aromatic rings. The SMILES string of the molecule is COc1ccc(N(c2ccc(OC)cc2)c2ccc(-c3ccc(N(c4ccccc4)c4ccccc4)cc3)cc2)cc1. The molecule has 0 unspecified atom stereocenters. The molecule has 0 saturated heterocycles. The van der Waals surface area contributed by atoms with Crippen LogP contribution in [0.5, 0.6) is 11.5 Å². The molecule has 0 heterocycles. The second kappa shape index (κ2) is 12.4. The summed E-state index contributed by atoms with van der Waals surface area (Å²) in [7, 11) is 3.37. The number of para-hydroxylation sites is 2. The van der Waals surface area contributed by atoms with Gasteiger partial charge < -0.3 is 19.3 Å². The van der Waals surface area contributed by atoms with E-state index in [4.69, 9.17) is 9.47 Å². The molecule has 0 N–H and O–H groups in total. The van der Waals surface area contributed by atoms with E-state index >= 15 is 0 Å². The second-order valence-electron chi connectivity index (χ2n) is 9.83. The summed E-state index contributed by atoms with van der Waals surface area (Å²) in [5.41, 5.74) is 8.81. The van der Waals surface area contributed by atoms with Crippen molar-refractivity contribution in [3.05, 3.63) is 158 Å². The highest BCUT2D eigenvalue weighted by Crippen LogP contribution is 2.38. The van der Waals surface area contributed by atoms with Crippen LogP contribution in [0.15, 0.2) is 158 Å². The normalized spacial score (nSPS) is 10.6. The molecule has 206 valence electrons. The average Bonchev–Trinajstić information content (AvgIpc) is 3.07. The van der Waals surface area contributed by atoms with Crippen molar-refractivity contribution in [3.8, 4) is 22.6 Å². The Kier molecular flexibility index (Phi) is 7.87. The van der Waals surface area contributed by atoms with Gasteiger partial charge in [0.2, 0.25) is 0 Å². The lowest BCUT2D eigenvalue weighted by molar-refractivity contribution is 0.415. The third-order valence-electron chi connectivity index (χ3n) is 7.27. The van der Waals surface area contributed by atoms with Gasteiger partial charge in [-0.25, -0.2) is 0 Å². The van der Waals surface area contributed by atoms with Crippen LogP contribution >= 0.6 is 0 Å². The Hall–Kier alpha value is -5.48. The molecule has 42 heavy (non-hydrogen) atoms. The van der Waals surface area contributed by atoms with Gasteiger partial charge in [-0.05, 0) is 108 Å². The lowest BCUT2D eigenvalue weighted by Gasteiger charge is -2.26. The fraction of sp³-hybridized carbons (Fsp3) is 0.0526. The molecular formula is C38H32N2O2. The van der Waals surface area contributed by atoms with Crippen molar-refractivity contribution in [2.45, 2.75) is 0 Å². The van der Waals surface area contributed by atoms with E-state index in [2.05, 4.69) is 131 Å². The molecule has 0 fully saturated rings. The third-order valence-corrected chi connectivity index (χ3v) is 7.27. The zero-order chi connectivity index (χ0) is 28.7. The molecule has 0 radical (unpaired) electrons. The van der Waals surface area contributed by atoms with Crippen LogP contribution in [0.3, 0.4) is 0 Å². The maximum Gasteiger partial charge on any atom is 0.119 e. The second-order valence-corrected chi connectivity index (χ2v) is 9.83. The zero-order valence-corrected chi connectivity index (χ0v) is 23.7. The average molecular weight is 549 g/mol. The summed E-state index contributed by atoms with van der Waals surface area (Å²) in [6, 6.07) is 54.6. The van der Waals surface area contributed by atoms with Crippen molar-refractivity contribution in [1.82, 2.24) is 0 Å². The Labute approximate surface area is 247 Å². The van der Waals surface area contributed by atoms with Crippen LogP contribution in [0.25, 0.3) is 11.1 Å². The highest BCUT2D eigenvalue weighted by atomic mass is 16.5. The molecule has 6 aromatic carbocycles. The fourth-order valence-corrected chi connectivity index (χ4v) is 5.12. The molecule has 4 heteroatoms. The van der Waals surface area contributed by atoms with Crippen LogP contribution in [0, 0.1) is 0 Å². The van der Waals surface area contributed by atoms with E-state index < -0.39 is 0 Å². The van der Waals surface area contributed by atoms with Crippen LogP contribution in [0.2, 0.25) is 0 Å². The Morgan fingerprint density at radius 3 is 0.857 bits per heavy atom. The van der Waals surface area contributed by atoms with E-state index in [0.29, 0.717) is 0 Å². The van der Waals surface area contributed by atoms with Crippen LogP contribution in [0.1, 0.15) is 0 Å². The topological polar surface area (TPSA) is 24.9 Å². The Bertz CT molecular complexity index is 1610. The molecule has 0 bridgehead atoms. The van der Waals surface area contributed by atoms with Crippen LogP contribution < -0.4 is 19.3 Å². The lowest BCUT2D eigenvalue weighted by atomic mass is 10.0. The number of nitrogens with zero attached hydrogens (tertiary/aromatic N) is 2. The molecule has 6 rings (SSSR count). The van der Waals surface area contributed by atoms with Gasteiger partial charge in [0.25, 0.3) is 0 Å². The number of anilines is 6. The van der Waals surface area contributed by atoms with E-state index in [1.54, 1.807) is 14.2 Å². The van der Waals surface area contributed by atoms with Crippen molar-refractivity contribution in [1.29, 1.82) is 0 Å². The van der Waals surface area contributed by atoms with Gasteiger partial charge in [-0.3, -0.25) is 0 Å². The van der Waals surface area contributed by atoms with Crippen LogP contribution in [-0.2, 0) is 0 Å². The zero-order valence-electron chi connectivity index (χ0n) is 23.7. The largest absolute Gasteiger partial charge is 0.497 e. The summed E-state index contributed by atoms with van der Waals surface area (Å²) >= 11 is 0. The first-order valence-corrected chi connectivity index (χ1v) is 13.9. The predicted molar refractivity (Wildman–Crippen MR) is 174 cm³/mol. The van der Waals surface area contributed by atoms with Gasteiger partial charge in [0.1, 0.15) is 11.5 Å². The van der Waals surface area contributed by atoms with E-state index in [9.17, 15) is 0 Å². The van der Waals surface area contributed by atoms with Crippen LogP contribution in [-0.4, -0.2) is 14.2 Å². The fourth-order valence-electron chi connectivity index (χ4n) is 5.12. The molecule has 0 aromatic heterocycles. The molecule has 0 atom stereocenters. The number of rotatable bonds is 9. The maximum absolute atomic E-state index is 5.39. The van der Waals surface area contributed by atoms with Crippen LogP contribution in [0.4, 0.5) is 34.1 Å². The van der Waals surface area contributed by atoms with Gasteiger partial charge >= 0.3 is 0 Å². The number of benzene rings is 6. The molecule has 0 aliphatic rings. The van der Waals surface area contributed by atoms with Crippen molar-refractivity contribution in [2.75, 3.05) is 24.0 Å². The molecule has 0 spiro atoms. The lowest BCUT2D eigenvalue weighted by Crippen LogP contribution is -2.10. The summed E-state index contributed by atoms with van der Waals surface area (Å²) < 4.78 is 10.8. The Balaban J connectivity index is 1.31. The van der Waals surface area contributed by atoms with Gasteiger partial charge in [0.05, 0.1) is 14.2 Å². The predicted octanol–water partition coefficient (Wildman–Crippen LogP) is 10.3. The summed E-state index contributed by atoms with van der Waals surface area (Å²) in [4.78, 5) is 4.50. The minimum absolute atomic E-state index is 0.824. The number of ether oxygens (including phenoxy) is 2. The molecule has 0 amide bonds. The van der Waals surface area contributed by atoms with E-state index in [0.717, 1.165) is 56.8 Å². The first kappa shape index (κ1) is 26.7. The van der Waals surface area contributed by atoms with Gasteiger partial charge in [0, 0.05) is 34.1 Å². The van der Waals surface area contributed by atoms with Crippen molar-refractivity contribution < 1.29 is 9.47 Å². The number of hydrogen-bond acceptors (Lipinski definition) is 4. The summed E-state index contributed by atoms with van der Waals surface area (Å²) in [6.45, 7) is 0. The minimum atomic E-state index is 0.824. The monoisotopic (exact) mass is 548 g/mol. The third kappa shape index (κ3) is 5.70. The highest BCUT2D eigenvalue weighted by Gasteiger charge is 2.15. The maximum atomic E-state index is 5.39. The molecule has 0 aliphatic heterocycles. The van der Waals surface area contributed by atoms with Gasteiger partial charge in [-0.2, -0.15) is 0 Å². The highest BCUT2D eigenvalue weighted by molar-refractivity contribution is 5.80. The first-order valence-electron chi connectivity index (χ1n) is 13.9. The first-order chi connectivity index (χ1) is 20.7. The Morgan fingerprint density at radius 2 is 0.571 bits per heavy atom. The molecule has 0 aliphatic carbocycles. The minimum Gasteiger partial charge on any atom is -0.497 e. The Morgan fingerprint density at radius 1 is 0.310 bits per heavy atom. The van der Waals surface area contributed by atoms with E-state index in [1.165, 1.54) is 0 Å². The standard InChI is InChI=1S/C38H32N2O2/c1-41-37-25-21-35(22-26-37)40(36-23-27-38(42-2)28-24-36)34-19-15-30(16-20-34)29-13-17-33(18-14-29)39(31-9-5-3-6-10-31)32-11-7-4-8-12-32/h3-28H,1-2H3. The molecular weight excluding hydrogens is 516 g/mol. The van der Waals surface area contributed by atoms with Gasteiger partial charge in [-0.1, -0.05) is 60.7 Å². The summed E-state index contributed by atoms with van der Waals surface area (Å²) in [6.07, 6.45) is 0. The summed E-state index contributed by atoms with van der Waals surface area (Å²) in [5.74, 6) is 1.65. The van der Waals surface area contributed by atoms with Crippen molar-refractivity contribution >= 4 is 34.1 Å². The smallest absolute Gasteiger partial charge is 0.119 e. The molecule has 0 saturated carbocycles. The molecule has 4 nitrogen and oxygen atoms in total. The van der Waals surface area contributed by atoms with Crippen molar-refractivity contribution in [2.24, 2.45) is 0 Å². The van der Waals surface area contributed by atoms with Gasteiger partial charge in [-0.15, -0.1) is 0 Å². The van der Waals surface area contributed by atoms with E-state index in [-0.39, 0.29) is 0 Å². The quantitative estimate of drug-likeness (QED) is 0.179. The number of hydrogen-bond donors (Lipinski definition) is 0. The van der Waals surface area contributed by atoms with E-state index in [1.807, 2.05) is 36.4 Å². The van der Waals surface area contributed by atoms with Crippen molar-refractivity contribution in [3.63, 3.8) is 0 Å². The summed E-state index contributed by atoms with van der Waals surface area (Å²) in [5, 5.41) is 0.